The van der Waals surface area contributed by atoms with E-state index in [4.69, 9.17) is 11.6 Å². The van der Waals surface area contributed by atoms with Crippen molar-refractivity contribution in [2.75, 3.05) is 11.1 Å². The molecule has 0 aliphatic carbocycles. The van der Waals surface area contributed by atoms with E-state index in [1.807, 2.05) is 30.3 Å². The second kappa shape index (κ2) is 9.49. The molecule has 0 bridgehead atoms. The minimum atomic E-state index is -4.66. The summed E-state index contributed by atoms with van der Waals surface area (Å²) in [6.07, 6.45) is -4.66. The predicted octanol–water partition coefficient (Wildman–Crippen LogP) is 6.39. The summed E-state index contributed by atoms with van der Waals surface area (Å²) in [6.45, 7) is 0.469. The second-order valence-electron chi connectivity index (χ2n) is 7.43. The summed E-state index contributed by atoms with van der Waals surface area (Å²) >= 11 is 7.18. The van der Waals surface area contributed by atoms with Crippen LogP contribution in [0.25, 0.3) is 0 Å². The van der Waals surface area contributed by atoms with E-state index < -0.39 is 17.6 Å². The summed E-state index contributed by atoms with van der Waals surface area (Å²) < 4.78 is 39.9. The van der Waals surface area contributed by atoms with Crippen LogP contribution in [0.15, 0.2) is 72.8 Å². The first-order chi connectivity index (χ1) is 15.7. The summed E-state index contributed by atoms with van der Waals surface area (Å²) in [5, 5.41) is 2.03. The zero-order valence-corrected chi connectivity index (χ0v) is 18.7. The Morgan fingerprint density at radius 3 is 2.42 bits per heavy atom. The Morgan fingerprint density at radius 2 is 1.76 bits per heavy atom. The molecule has 0 aromatic heterocycles. The first kappa shape index (κ1) is 23.2. The van der Waals surface area contributed by atoms with E-state index in [-0.39, 0.29) is 27.6 Å². The molecule has 0 unspecified atom stereocenters. The normalized spacial score (nSPS) is 16.2. The molecule has 0 spiro atoms. The van der Waals surface area contributed by atoms with Gasteiger partial charge in [-0.2, -0.15) is 13.2 Å². The number of benzene rings is 3. The molecule has 1 N–H and O–H groups in total. The van der Waals surface area contributed by atoms with E-state index in [0.29, 0.717) is 12.3 Å². The van der Waals surface area contributed by atoms with Crippen LogP contribution in [0, 0.1) is 0 Å². The third-order valence-electron chi connectivity index (χ3n) is 5.16. The number of halogens is 4. The highest BCUT2D eigenvalue weighted by Crippen LogP contribution is 2.40. The van der Waals surface area contributed by atoms with Crippen LogP contribution in [-0.4, -0.2) is 22.5 Å². The van der Waals surface area contributed by atoms with E-state index in [0.717, 1.165) is 23.3 Å². The standard InChI is InChI=1S/C24H18ClF3N2O2S/c25-18-10-11-20(19(12-18)24(26,27)28)29-22(32)16-6-8-17(9-7-16)23-30(21(31)14-33-23)13-15-4-2-1-3-5-15/h1-12,23H,13-14H2,(H,29,32)/t23-/m0/s1. The Morgan fingerprint density at radius 1 is 1.06 bits per heavy atom. The fourth-order valence-electron chi connectivity index (χ4n) is 3.53. The molecule has 170 valence electrons. The molecule has 4 rings (SSSR count). The molecular weight excluding hydrogens is 473 g/mol. The van der Waals surface area contributed by atoms with E-state index in [1.165, 1.54) is 30.0 Å². The number of nitrogens with zero attached hydrogens (tertiary/aromatic N) is 1. The van der Waals surface area contributed by atoms with Gasteiger partial charge in [0.25, 0.3) is 5.91 Å². The van der Waals surface area contributed by atoms with Crippen LogP contribution in [0.3, 0.4) is 0 Å². The Labute approximate surface area is 197 Å². The molecule has 9 heteroatoms. The largest absolute Gasteiger partial charge is 0.418 e. The Balaban J connectivity index is 1.50. The van der Waals surface area contributed by atoms with Gasteiger partial charge in [0, 0.05) is 17.1 Å². The van der Waals surface area contributed by atoms with Crippen molar-refractivity contribution in [2.45, 2.75) is 18.1 Å². The van der Waals surface area contributed by atoms with Gasteiger partial charge in [-0.25, -0.2) is 0 Å². The van der Waals surface area contributed by atoms with Crippen LogP contribution in [0.1, 0.15) is 32.4 Å². The van der Waals surface area contributed by atoms with E-state index in [9.17, 15) is 22.8 Å². The lowest BCUT2D eigenvalue weighted by Crippen LogP contribution is -2.27. The van der Waals surface area contributed by atoms with Gasteiger partial charge in [0.1, 0.15) is 5.37 Å². The van der Waals surface area contributed by atoms with Gasteiger partial charge in [0.2, 0.25) is 5.91 Å². The minimum Gasteiger partial charge on any atom is -0.322 e. The molecule has 1 heterocycles. The fraction of sp³-hybridized carbons (Fsp3) is 0.167. The molecule has 0 saturated carbocycles. The van der Waals surface area contributed by atoms with Gasteiger partial charge < -0.3 is 10.2 Å². The third kappa shape index (κ3) is 5.34. The summed E-state index contributed by atoms with van der Waals surface area (Å²) in [5.41, 5.74) is 0.661. The van der Waals surface area contributed by atoms with Gasteiger partial charge in [-0.05, 0) is 41.5 Å². The summed E-state index contributed by atoms with van der Waals surface area (Å²) in [6, 6.07) is 19.3. The van der Waals surface area contributed by atoms with Crippen LogP contribution in [0.4, 0.5) is 18.9 Å². The molecule has 0 radical (unpaired) electrons. The molecule has 3 aromatic carbocycles. The molecule has 1 saturated heterocycles. The molecule has 3 aromatic rings. The average Bonchev–Trinajstić information content (AvgIpc) is 3.15. The van der Waals surface area contributed by atoms with Gasteiger partial charge in [-0.3, -0.25) is 9.59 Å². The molecule has 1 aliphatic heterocycles. The van der Waals surface area contributed by atoms with Gasteiger partial charge in [-0.1, -0.05) is 54.1 Å². The highest BCUT2D eigenvalue weighted by Gasteiger charge is 2.35. The van der Waals surface area contributed by atoms with Crippen molar-refractivity contribution in [2.24, 2.45) is 0 Å². The summed E-state index contributed by atoms with van der Waals surface area (Å²) in [5.74, 6) is -0.292. The quantitative estimate of drug-likeness (QED) is 0.451. The summed E-state index contributed by atoms with van der Waals surface area (Å²) in [4.78, 5) is 26.8. The highest BCUT2D eigenvalue weighted by molar-refractivity contribution is 8.00. The van der Waals surface area contributed by atoms with Crippen LogP contribution in [0.2, 0.25) is 5.02 Å². The smallest absolute Gasteiger partial charge is 0.322 e. The van der Waals surface area contributed by atoms with Crippen molar-refractivity contribution in [1.82, 2.24) is 4.90 Å². The SMILES string of the molecule is O=C(Nc1ccc(Cl)cc1C(F)(F)F)c1ccc([C@@H]2SCC(=O)N2Cc2ccccc2)cc1. The Hall–Kier alpha value is -2.97. The summed E-state index contributed by atoms with van der Waals surface area (Å²) in [7, 11) is 0. The topological polar surface area (TPSA) is 49.4 Å². The molecule has 2 amide bonds. The van der Waals surface area contributed by atoms with Crippen LogP contribution < -0.4 is 5.32 Å². The van der Waals surface area contributed by atoms with Crippen LogP contribution in [0.5, 0.6) is 0 Å². The number of carbonyl (C=O) groups is 2. The number of alkyl halides is 3. The van der Waals surface area contributed by atoms with Gasteiger partial charge in [0.15, 0.2) is 0 Å². The monoisotopic (exact) mass is 490 g/mol. The van der Waals surface area contributed by atoms with Gasteiger partial charge in [-0.15, -0.1) is 11.8 Å². The first-order valence-electron chi connectivity index (χ1n) is 9.95. The molecular formula is C24H18ClF3N2O2S. The predicted molar refractivity (Wildman–Crippen MR) is 123 cm³/mol. The van der Waals surface area contributed by atoms with Gasteiger partial charge in [0.05, 0.1) is 17.0 Å². The fourth-order valence-corrected chi connectivity index (χ4v) is 4.89. The van der Waals surface area contributed by atoms with Crippen molar-refractivity contribution in [3.63, 3.8) is 0 Å². The second-order valence-corrected chi connectivity index (χ2v) is 8.94. The average molecular weight is 491 g/mol. The van der Waals surface area contributed by atoms with Crippen LogP contribution in [-0.2, 0) is 17.5 Å². The Kier molecular flexibility index (Phi) is 6.67. The maximum atomic E-state index is 13.3. The number of anilines is 1. The van der Waals surface area contributed by atoms with E-state index in [2.05, 4.69) is 5.32 Å². The van der Waals surface area contributed by atoms with Crippen molar-refractivity contribution >= 4 is 40.9 Å². The Bertz CT molecular complexity index is 1170. The number of nitrogens with one attached hydrogen (secondary N) is 1. The molecule has 1 aliphatic rings. The van der Waals surface area contributed by atoms with Crippen molar-refractivity contribution in [3.8, 4) is 0 Å². The lowest BCUT2D eigenvalue weighted by Gasteiger charge is -2.24. The first-order valence-corrected chi connectivity index (χ1v) is 11.4. The number of hydrogen-bond acceptors (Lipinski definition) is 3. The zero-order valence-electron chi connectivity index (χ0n) is 17.1. The maximum absolute atomic E-state index is 13.3. The van der Waals surface area contributed by atoms with Crippen molar-refractivity contribution in [3.05, 3.63) is 100 Å². The lowest BCUT2D eigenvalue weighted by molar-refractivity contribution is -0.137. The molecule has 1 fully saturated rings. The third-order valence-corrected chi connectivity index (χ3v) is 6.65. The zero-order chi connectivity index (χ0) is 23.6. The number of rotatable bonds is 5. The van der Waals surface area contributed by atoms with Crippen molar-refractivity contribution < 1.29 is 22.8 Å². The molecule has 1 atom stereocenters. The van der Waals surface area contributed by atoms with E-state index in [1.54, 1.807) is 17.0 Å². The number of carbonyl (C=O) groups excluding carboxylic acids is 2. The lowest BCUT2D eigenvalue weighted by atomic mass is 10.1. The minimum absolute atomic E-state index is 0.0260. The maximum Gasteiger partial charge on any atom is 0.418 e. The van der Waals surface area contributed by atoms with Crippen LogP contribution >= 0.6 is 23.4 Å². The number of hydrogen-bond donors (Lipinski definition) is 1. The molecule has 33 heavy (non-hydrogen) atoms. The number of thioether (sulfide) groups is 1. The molecule has 4 nitrogen and oxygen atoms in total. The van der Waals surface area contributed by atoms with Crippen molar-refractivity contribution in [1.29, 1.82) is 0 Å². The highest BCUT2D eigenvalue weighted by atomic mass is 35.5. The van der Waals surface area contributed by atoms with Gasteiger partial charge >= 0.3 is 6.18 Å². The van der Waals surface area contributed by atoms with E-state index >= 15 is 0 Å². The number of amides is 2.